The van der Waals surface area contributed by atoms with Crippen LogP contribution in [-0.4, -0.2) is 11.1 Å². The van der Waals surface area contributed by atoms with Crippen molar-refractivity contribution >= 4 is 17.3 Å². The molecule has 0 spiro atoms. The van der Waals surface area contributed by atoms with E-state index in [0.717, 1.165) is 12.0 Å². The lowest BCUT2D eigenvalue weighted by molar-refractivity contribution is 0.0695. The summed E-state index contributed by atoms with van der Waals surface area (Å²) in [4.78, 5) is 10.7. The topological polar surface area (TPSA) is 63.3 Å². The summed E-state index contributed by atoms with van der Waals surface area (Å²) < 4.78 is 0. The molecule has 4 heteroatoms. The van der Waals surface area contributed by atoms with Gasteiger partial charge < -0.3 is 10.8 Å². The van der Waals surface area contributed by atoms with E-state index in [4.69, 9.17) is 10.8 Å². The Morgan fingerprint density at radius 3 is 2.92 bits per heavy atom. The molecule has 66 valence electrons. The van der Waals surface area contributed by atoms with Crippen molar-refractivity contribution in [1.82, 2.24) is 0 Å². The lowest BCUT2D eigenvalue weighted by atomic mass is 10.1. The number of hydrogen-bond donors (Lipinski definition) is 2. The van der Waals surface area contributed by atoms with Crippen LogP contribution in [0.4, 0.5) is 0 Å². The summed E-state index contributed by atoms with van der Waals surface area (Å²) >= 11 is 1.38. The molecule has 1 unspecified atom stereocenters. The minimum atomic E-state index is -0.893. The molecular formula is C8H11NO2S. The number of carboxylic acids is 1. The van der Waals surface area contributed by atoms with Gasteiger partial charge in [-0.15, -0.1) is 0 Å². The molecule has 12 heavy (non-hydrogen) atoms. The predicted molar refractivity (Wildman–Crippen MR) is 48.5 cm³/mol. The number of aromatic carboxylic acids is 1. The minimum absolute atomic E-state index is 0.151. The number of nitrogens with two attached hydrogens (primary N) is 1. The van der Waals surface area contributed by atoms with Crippen molar-refractivity contribution in [1.29, 1.82) is 0 Å². The van der Waals surface area contributed by atoms with Gasteiger partial charge in [0.2, 0.25) is 0 Å². The highest BCUT2D eigenvalue weighted by Gasteiger charge is 2.15. The Balaban J connectivity index is 2.98. The third kappa shape index (κ3) is 1.65. The molecular weight excluding hydrogens is 174 g/mol. The van der Waals surface area contributed by atoms with E-state index in [1.165, 1.54) is 11.3 Å². The molecule has 1 aromatic heterocycles. The molecule has 0 aliphatic rings. The SMILES string of the molecule is CCC(N)c1cscc1C(=O)O. The summed E-state index contributed by atoms with van der Waals surface area (Å²) in [6.07, 6.45) is 0.761. The van der Waals surface area contributed by atoms with Crippen molar-refractivity contribution in [3.63, 3.8) is 0 Å². The van der Waals surface area contributed by atoms with Gasteiger partial charge in [0, 0.05) is 11.4 Å². The summed E-state index contributed by atoms with van der Waals surface area (Å²) in [5.74, 6) is -0.893. The summed E-state index contributed by atoms with van der Waals surface area (Å²) in [6.45, 7) is 1.94. The maximum Gasteiger partial charge on any atom is 0.336 e. The molecule has 0 aliphatic heterocycles. The first-order valence-corrected chi connectivity index (χ1v) is 4.66. The minimum Gasteiger partial charge on any atom is -0.478 e. The maximum atomic E-state index is 10.7. The monoisotopic (exact) mass is 185 g/mol. The Labute approximate surface area is 74.8 Å². The molecule has 3 N–H and O–H groups in total. The van der Waals surface area contributed by atoms with Gasteiger partial charge in [-0.25, -0.2) is 4.79 Å². The van der Waals surface area contributed by atoms with E-state index in [-0.39, 0.29) is 6.04 Å². The molecule has 0 saturated heterocycles. The highest BCUT2D eigenvalue weighted by atomic mass is 32.1. The van der Waals surface area contributed by atoms with Crippen LogP contribution >= 0.6 is 11.3 Å². The molecule has 0 aromatic carbocycles. The lowest BCUT2D eigenvalue weighted by Gasteiger charge is -2.06. The van der Waals surface area contributed by atoms with Gasteiger partial charge in [-0.1, -0.05) is 6.92 Å². The molecule has 0 radical (unpaired) electrons. The van der Waals surface area contributed by atoms with Gasteiger partial charge in [-0.2, -0.15) is 11.3 Å². The van der Waals surface area contributed by atoms with Crippen LogP contribution in [0.25, 0.3) is 0 Å². The Bertz CT molecular complexity index is 282. The van der Waals surface area contributed by atoms with E-state index in [9.17, 15) is 4.79 Å². The zero-order valence-electron chi connectivity index (χ0n) is 6.78. The zero-order chi connectivity index (χ0) is 9.14. The molecule has 1 rings (SSSR count). The van der Waals surface area contributed by atoms with Gasteiger partial charge in [0.15, 0.2) is 0 Å². The Morgan fingerprint density at radius 1 is 1.75 bits per heavy atom. The third-order valence-electron chi connectivity index (χ3n) is 1.76. The smallest absolute Gasteiger partial charge is 0.336 e. The van der Waals surface area contributed by atoms with Crippen LogP contribution < -0.4 is 5.73 Å². The van der Waals surface area contributed by atoms with Gasteiger partial charge in [-0.3, -0.25) is 0 Å². The number of carbonyl (C=O) groups is 1. The molecule has 0 fully saturated rings. The van der Waals surface area contributed by atoms with Crippen LogP contribution in [0, 0.1) is 0 Å². The molecule has 0 saturated carbocycles. The van der Waals surface area contributed by atoms with E-state index >= 15 is 0 Å². The van der Waals surface area contributed by atoms with Gasteiger partial charge in [0.25, 0.3) is 0 Å². The first-order valence-electron chi connectivity index (χ1n) is 3.71. The molecule has 0 bridgehead atoms. The lowest BCUT2D eigenvalue weighted by Crippen LogP contribution is -2.11. The maximum absolute atomic E-state index is 10.7. The first kappa shape index (κ1) is 9.22. The van der Waals surface area contributed by atoms with Crippen molar-refractivity contribution in [2.45, 2.75) is 19.4 Å². The summed E-state index contributed by atoms with van der Waals surface area (Å²) in [5.41, 5.74) is 6.81. The fourth-order valence-corrected chi connectivity index (χ4v) is 1.88. The van der Waals surface area contributed by atoms with Gasteiger partial charge in [-0.05, 0) is 17.4 Å². The van der Waals surface area contributed by atoms with Crippen molar-refractivity contribution in [2.75, 3.05) is 0 Å². The number of thiophene rings is 1. The molecule has 1 heterocycles. The van der Waals surface area contributed by atoms with Gasteiger partial charge in [0.1, 0.15) is 0 Å². The fraction of sp³-hybridized carbons (Fsp3) is 0.375. The van der Waals surface area contributed by atoms with Crippen LogP contribution in [-0.2, 0) is 0 Å². The van der Waals surface area contributed by atoms with Crippen molar-refractivity contribution in [3.8, 4) is 0 Å². The first-order chi connectivity index (χ1) is 5.66. The Kier molecular flexibility index (Phi) is 2.83. The molecule has 1 atom stereocenters. The number of hydrogen-bond acceptors (Lipinski definition) is 3. The highest BCUT2D eigenvalue weighted by Crippen LogP contribution is 2.22. The average Bonchev–Trinajstić information content (AvgIpc) is 2.50. The second-order valence-corrected chi connectivity index (χ2v) is 3.30. The van der Waals surface area contributed by atoms with Crippen LogP contribution in [0.3, 0.4) is 0 Å². The average molecular weight is 185 g/mol. The van der Waals surface area contributed by atoms with Crippen molar-refractivity contribution in [3.05, 3.63) is 21.9 Å². The van der Waals surface area contributed by atoms with Crippen LogP contribution in [0.2, 0.25) is 0 Å². The summed E-state index contributed by atoms with van der Waals surface area (Å²) in [5, 5.41) is 12.2. The second-order valence-electron chi connectivity index (χ2n) is 2.56. The van der Waals surface area contributed by atoms with E-state index in [1.54, 1.807) is 10.8 Å². The van der Waals surface area contributed by atoms with E-state index in [2.05, 4.69) is 0 Å². The van der Waals surface area contributed by atoms with Crippen LogP contribution in [0.5, 0.6) is 0 Å². The molecule has 3 nitrogen and oxygen atoms in total. The Hall–Kier alpha value is -0.870. The largest absolute Gasteiger partial charge is 0.478 e. The van der Waals surface area contributed by atoms with E-state index in [1.807, 2.05) is 6.92 Å². The summed E-state index contributed by atoms with van der Waals surface area (Å²) in [6, 6.07) is -0.151. The predicted octanol–water partition coefficient (Wildman–Crippen LogP) is 1.86. The number of rotatable bonds is 3. The highest BCUT2D eigenvalue weighted by molar-refractivity contribution is 7.08. The standard InChI is InChI=1S/C8H11NO2S/c1-2-7(9)5-3-12-4-6(5)8(10)11/h3-4,7H,2,9H2,1H3,(H,10,11). The molecule has 0 aliphatic carbocycles. The number of carboxylic acid groups (broad SMARTS) is 1. The van der Waals surface area contributed by atoms with Crippen molar-refractivity contribution < 1.29 is 9.90 Å². The third-order valence-corrected chi connectivity index (χ3v) is 2.52. The Morgan fingerprint density at radius 2 is 2.42 bits per heavy atom. The van der Waals surface area contributed by atoms with Crippen LogP contribution in [0.1, 0.15) is 35.3 Å². The molecule has 1 aromatic rings. The van der Waals surface area contributed by atoms with E-state index < -0.39 is 5.97 Å². The zero-order valence-corrected chi connectivity index (χ0v) is 7.60. The normalized spacial score (nSPS) is 12.8. The van der Waals surface area contributed by atoms with Crippen LogP contribution in [0.15, 0.2) is 10.8 Å². The summed E-state index contributed by atoms with van der Waals surface area (Å²) in [7, 11) is 0. The van der Waals surface area contributed by atoms with E-state index in [0.29, 0.717) is 5.56 Å². The van der Waals surface area contributed by atoms with Gasteiger partial charge >= 0.3 is 5.97 Å². The second kappa shape index (κ2) is 3.69. The quantitative estimate of drug-likeness (QED) is 0.755. The fourth-order valence-electron chi connectivity index (χ4n) is 0.988. The van der Waals surface area contributed by atoms with Crippen molar-refractivity contribution in [2.24, 2.45) is 5.73 Å². The molecule has 0 amide bonds. The van der Waals surface area contributed by atoms with Gasteiger partial charge in [0.05, 0.1) is 5.56 Å².